The zero-order valence-electron chi connectivity index (χ0n) is 47.6. The lowest BCUT2D eigenvalue weighted by atomic mass is 10.0. The van der Waals surface area contributed by atoms with E-state index >= 15 is 0 Å². The van der Waals surface area contributed by atoms with Gasteiger partial charge in [0.25, 0.3) is 0 Å². The number of aldehydes is 1. The number of hydrogen-bond donors (Lipinski definition) is 0. The van der Waals surface area contributed by atoms with Crippen LogP contribution in [0.1, 0.15) is 292 Å². The lowest BCUT2D eigenvalue weighted by Crippen LogP contribution is -2.35. The number of rotatable bonds is 43. The minimum atomic E-state index is -0.240. The Morgan fingerprint density at radius 3 is 1.46 bits per heavy atom. The Balaban J connectivity index is 0.00000150. The molecule has 11 heteroatoms. The van der Waals surface area contributed by atoms with Crippen molar-refractivity contribution in [3.05, 3.63) is 20.9 Å². The number of thiophene rings is 1. The molecule has 2 rings (SSSR count). The number of amides is 1. The first-order valence-corrected chi connectivity index (χ1v) is 30.4. The van der Waals surface area contributed by atoms with Crippen molar-refractivity contribution < 1.29 is 38.2 Å². The second-order valence-electron chi connectivity index (χ2n) is 20.2. The van der Waals surface area contributed by atoms with Crippen LogP contribution in [0, 0.1) is 6.92 Å². The lowest BCUT2D eigenvalue weighted by Gasteiger charge is -2.27. The summed E-state index contributed by atoms with van der Waals surface area (Å²) in [5.41, 5.74) is 1.76. The van der Waals surface area contributed by atoms with Gasteiger partial charge in [-0.05, 0) is 116 Å². The van der Waals surface area contributed by atoms with Gasteiger partial charge in [0.05, 0.1) is 18.7 Å². The predicted molar refractivity (Wildman–Crippen MR) is 298 cm³/mol. The van der Waals surface area contributed by atoms with Crippen LogP contribution in [0.4, 0.5) is 0 Å². The van der Waals surface area contributed by atoms with E-state index in [-0.39, 0.29) is 36.0 Å². The Morgan fingerprint density at radius 2 is 1.01 bits per heavy atom. The van der Waals surface area contributed by atoms with E-state index in [1.807, 2.05) is 39.8 Å². The largest absolute Gasteiger partial charge is 0.462 e. The van der Waals surface area contributed by atoms with Crippen LogP contribution in [0.2, 0.25) is 0 Å². The molecule has 1 amide bonds. The Hall–Kier alpha value is -2.79. The molecule has 0 spiro atoms. The average Bonchev–Trinajstić information content (AvgIpc) is 3.70. The molecule has 0 saturated heterocycles. The van der Waals surface area contributed by atoms with Crippen LogP contribution in [-0.2, 0) is 46.4 Å². The third-order valence-corrected chi connectivity index (χ3v) is 14.5. The van der Waals surface area contributed by atoms with E-state index in [9.17, 15) is 24.0 Å². The van der Waals surface area contributed by atoms with Crippen LogP contribution in [0.25, 0.3) is 0 Å². The summed E-state index contributed by atoms with van der Waals surface area (Å²) in [6.07, 6.45) is 38.8. The van der Waals surface area contributed by atoms with Crippen LogP contribution in [0.5, 0.6) is 0 Å². The van der Waals surface area contributed by atoms with Crippen molar-refractivity contribution in [1.29, 1.82) is 0 Å². The fourth-order valence-corrected chi connectivity index (χ4v) is 10.3. The zero-order valence-corrected chi connectivity index (χ0v) is 48.4. The molecule has 1 aromatic rings. The molecule has 71 heavy (non-hydrogen) atoms. The molecule has 0 bridgehead atoms. The molecule has 1 aliphatic rings. The summed E-state index contributed by atoms with van der Waals surface area (Å²) in [6.45, 7) is 17.4. The maximum Gasteiger partial charge on any atom is 0.339 e. The van der Waals surface area contributed by atoms with E-state index in [0.717, 1.165) is 85.9 Å². The molecule has 0 N–H and O–H groups in total. The summed E-state index contributed by atoms with van der Waals surface area (Å²) in [5, 5.41) is 0. The van der Waals surface area contributed by atoms with E-state index in [2.05, 4.69) is 32.6 Å². The first-order valence-electron chi connectivity index (χ1n) is 29.5. The van der Waals surface area contributed by atoms with Gasteiger partial charge >= 0.3 is 17.9 Å². The van der Waals surface area contributed by atoms with Crippen molar-refractivity contribution >= 4 is 41.4 Å². The van der Waals surface area contributed by atoms with E-state index in [4.69, 9.17) is 14.2 Å². The van der Waals surface area contributed by atoms with Gasteiger partial charge in [0.2, 0.25) is 5.91 Å². The van der Waals surface area contributed by atoms with Crippen molar-refractivity contribution in [1.82, 2.24) is 9.80 Å². The molecule has 0 radical (unpaired) electrons. The van der Waals surface area contributed by atoms with E-state index in [0.29, 0.717) is 70.2 Å². The summed E-state index contributed by atoms with van der Waals surface area (Å²) in [5.74, 6) is -0.306. The SMILES string of the molecule is CC.CCCCCCCCC(CCCCCC)OC(=O)CCCCC(=O)N1CCc2c(sc(C)c2C(=O)OCCCN(C)C)C1.CCCCCCCCC(CCCCCCCC)OC(=O)CCCCC=O. The van der Waals surface area contributed by atoms with Crippen LogP contribution in [0.15, 0.2) is 0 Å². The Labute approximate surface area is 440 Å². The number of fused-ring (bicyclic) bond motifs is 1. The van der Waals surface area contributed by atoms with Crippen LogP contribution >= 0.6 is 11.3 Å². The third kappa shape index (κ3) is 36.7. The molecule has 1 aromatic heterocycles. The number of hydrogen-bond acceptors (Lipinski definition) is 10. The molecule has 1 unspecified atom stereocenters. The molecular weight excluding hydrogens is 909 g/mol. The average molecular weight is 1020 g/mol. The Bertz CT molecular complexity index is 1450. The van der Waals surface area contributed by atoms with E-state index in [1.54, 1.807) is 11.3 Å². The molecule has 414 valence electrons. The van der Waals surface area contributed by atoms with Gasteiger partial charge in [-0.15, -0.1) is 11.3 Å². The fraction of sp³-hybridized carbons (Fsp3) is 0.850. The van der Waals surface area contributed by atoms with Crippen molar-refractivity contribution in [3.63, 3.8) is 0 Å². The van der Waals surface area contributed by atoms with Crippen LogP contribution < -0.4 is 0 Å². The van der Waals surface area contributed by atoms with Crippen molar-refractivity contribution in [2.75, 3.05) is 33.8 Å². The number of aryl methyl sites for hydroxylation is 1. The first-order chi connectivity index (χ1) is 34.5. The highest BCUT2D eigenvalue weighted by Crippen LogP contribution is 2.34. The topological polar surface area (TPSA) is 120 Å². The Morgan fingerprint density at radius 1 is 0.592 bits per heavy atom. The highest BCUT2D eigenvalue weighted by atomic mass is 32.1. The third-order valence-electron chi connectivity index (χ3n) is 13.4. The summed E-state index contributed by atoms with van der Waals surface area (Å²) >= 11 is 1.60. The maximum atomic E-state index is 13.0. The fourth-order valence-electron chi connectivity index (χ4n) is 9.11. The van der Waals surface area contributed by atoms with Gasteiger partial charge in [0, 0.05) is 48.5 Å². The monoisotopic (exact) mass is 1020 g/mol. The van der Waals surface area contributed by atoms with Gasteiger partial charge in [-0.25, -0.2) is 4.79 Å². The molecule has 0 fully saturated rings. The van der Waals surface area contributed by atoms with Gasteiger partial charge in [-0.1, -0.05) is 157 Å². The second kappa shape index (κ2) is 48.2. The summed E-state index contributed by atoms with van der Waals surface area (Å²) in [7, 11) is 4.01. The number of nitrogens with zero attached hydrogens (tertiary/aromatic N) is 2. The predicted octanol–water partition coefficient (Wildman–Crippen LogP) is 16.4. The highest BCUT2D eigenvalue weighted by Gasteiger charge is 2.29. The molecule has 0 aliphatic carbocycles. The number of carbonyl (C=O) groups excluding carboxylic acids is 5. The molecular formula is C60H110N2O8S. The molecule has 1 aliphatic heterocycles. The molecule has 0 aromatic carbocycles. The minimum absolute atomic E-state index is 0.0363. The smallest absolute Gasteiger partial charge is 0.339 e. The molecule has 10 nitrogen and oxygen atoms in total. The van der Waals surface area contributed by atoms with Crippen molar-refractivity contribution in [2.45, 2.75) is 298 Å². The van der Waals surface area contributed by atoms with Gasteiger partial charge in [-0.2, -0.15) is 0 Å². The van der Waals surface area contributed by atoms with Gasteiger partial charge in [0.1, 0.15) is 18.5 Å². The normalized spacial score (nSPS) is 12.4. The summed E-state index contributed by atoms with van der Waals surface area (Å²) < 4.78 is 17.2. The van der Waals surface area contributed by atoms with Gasteiger partial charge in [0.15, 0.2) is 0 Å². The maximum absolute atomic E-state index is 13.0. The van der Waals surface area contributed by atoms with Crippen LogP contribution in [-0.4, -0.2) is 85.9 Å². The lowest BCUT2D eigenvalue weighted by molar-refractivity contribution is -0.151. The van der Waals surface area contributed by atoms with Crippen molar-refractivity contribution in [3.8, 4) is 0 Å². The zero-order chi connectivity index (χ0) is 52.7. The Kier molecular flexibility index (Phi) is 46.3. The van der Waals surface area contributed by atoms with E-state index < -0.39 is 0 Å². The van der Waals surface area contributed by atoms with Crippen LogP contribution in [0.3, 0.4) is 0 Å². The summed E-state index contributed by atoms with van der Waals surface area (Å²) in [4.78, 5) is 66.8. The van der Waals surface area contributed by atoms with E-state index in [1.165, 1.54) is 128 Å². The standard InChI is InChI=1S/C35H60N2O5S.C23H44O3.C2H6/c1-6-8-10-12-13-15-20-29(19-14-11-9-7-2)42-33(39)22-17-16-21-32(38)37-25-23-30-31(27-37)43-28(3)34(30)35(40)41-26-18-24-36(4)5;1-3-5-7-9-11-14-18-22(19-15-12-10-8-6-4-2)26-23(25)20-16-13-17-21-24;1-2/h29H,6-27H2,1-5H3;21-22H,3-20H2,1-2H3;1-2H3. The van der Waals surface area contributed by atoms with Gasteiger partial charge < -0.3 is 28.8 Å². The quantitative estimate of drug-likeness (QED) is 0.0273. The number of carbonyl (C=O) groups is 5. The first kappa shape index (κ1) is 68.2. The molecule has 2 heterocycles. The molecule has 1 atom stereocenters. The highest BCUT2D eigenvalue weighted by molar-refractivity contribution is 7.12. The number of ether oxygens (including phenoxy) is 3. The van der Waals surface area contributed by atoms with Crippen molar-refractivity contribution in [2.24, 2.45) is 0 Å². The van der Waals surface area contributed by atoms with Gasteiger partial charge in [-0.3, -0.25) is 14.4 Å². The minimum Gasteiger partial charge on any atom is -0.462 e. The second-order valence-corrected chi connectivity index (χ2v) is 21.5. The summed E-state index contributed by atoms with van der Waals surface area (Å²) in [6, 6.07) is 0. The molecule has 0 saturated carbocycles. The number of esters is 3. The number of unbranched alkanes of at least 4 members (excludes halogenated alkanes) is 21.